The molecule has 2 unspecified atom stereocenters. The van der Waals surface area contributed by atoms with E-state index in [4.69, 9.17) is 4.99 Å². The molecule has 0 amide bonds. The molecule has 144 valence electrons. The van der Waals surface area contributed by atoms with Crippen molar-refractivity contribution in [1.29, 1.82) is 0 Å². The van der Waals surface area contributed by atoms with Gasteiger partial charge in [-0.25, -0.2) is 0 Å². The highest BCUT2D eigenvalue weighted by atomic mass is 127. The Labute approximate surface area is 175 Å². The summed E-state index contributed by atoms with van der Waals surface area (Å²) in [5.74, 6) is 1.52. The van der Waals surface area contributed by atoms with Crippen LogP contribution in [0, 0.1) is 6.92 Å². The molecule has 2 atom stereocenters. The van der Waals surface area contributed by atoms with Gasteiger partial charge in [-0.3, -0.25) is 9.89 Å². The number of rotatable bonds is 5. The Hall–Kier alpha value is -1.08. The number of hydrogen-bond acceptors (Lipinski definition) is 2. The van der Waals surface area contributed by atoms with Gasteiger partial charge in [0.15, 0.2) is 5.96 Å². The van der Waals surface area contributed by atoms with Crippen molar-refractivity contribution in [2.75, 3.05) is 39.3 Å². The van der Waals surface area contributed by atoms with Crippen LogP contribution in [0.15, 0.2) is 41.4 Å². The maximum absolute atomic E-state index is 4.95. The minimum Gasteiger partial charge on any atom is -0.357 e. The monoisotopic (exact) mass is 468 g/mol. The van der Waals surface area contributed by atoms with Crippen LogP contribution in [0.3, 0.4) is 0 Å². The third-order valence-corrected chi connectivity index (χ3v) is 5.32. The van der Waals surface area contributed by atoms with Gasteiger partial charge in [0, 0.05) is 51.2 Å². The molecule has 1 aromatic carbocycles. The number of guanidine groups is 1. The fourth-order valence-corrected chi connectivity index (χ4v) is 3.67. The number of benzene rings is 1. The Morgan fingerprint density at radius 1 is 1.23 bits per heavy atom. The molecule has 0 aromatic heterocycles. The second kappa shape index (κ2) is 10.3. The van der Waals surface area contributed by atoms with E-state index in [1.54, 1.807) is 0 Å². The molecule has 0 radical (unpaired) electrons. The van der Waals surface area contributed by atoms with Gasteiger partial charge in [-0.2, -0.15) is 0 Å². The molecule has 1 aromatic rings. The van der Waals surface area contributed by atoms with Gasteiger partial charge < -0.3 is 10.2 Å². The summed E-state index contributed by atoms with van der Waals surface area (Å²) in [6.07, 6.45) is 5.80. The Bertz CT molecular complexity index is 603. The van der Waals surface area contributed by atoms with Crippen LogP contribution in [-0.2, 0) is 0 Å². The zero-order chi connectivity index (χ0) is 17.6. The lowest BCUT2D eigenvalue weighted by Gasteiger charge is -2.25. The predicted octanol–water partition coefficient (Wildman–Crippen LogP) is 3.63. The van der Waals surface area contributed by atoms with Gasteiger partial charge in [0.25, 0.3) is 0 Å². The highest BCUT2D eigenvalue weighted by molar-refractivity contribution is 14.0. The number of aryl methyl sites for hydroxylation is 1. The molecule has 2 heterocycles. The van der Waals surface area contributed by atoms with Crippen molar-refractivity contribution in [3.05, 3.63) is 47.5 Å². The zero-order valence-corrected chi connectivity index (χ0v) is 18.6. The number of halogens is 1. The molecular formula is C21H33IN4. The van der Waals surface area contributed by atoms with E-state index in [9.17, 15) is 0 Å². The molecule has 4 nitrogen and oxygen atoms in total. The van der Waals surface area contributed by atoms with Gasteiger partial charge in [0.2, 0.25) is 0 Å². The van der Waals surface area contributed by atoms with Crippen LogP contribution in [0.25, 0.3) is 0 Å². The molecule has 0 saturated carbocycles. The largest absolute Gasteiger partial charge is 0.357 e. The van der Waals surface area contributed by atoms with E-state index in [1.165, 1.54) is 17.5 Å². The molecule has 0 aliphatic carbocycles. The predicted molar refractivity (Wildman–Crippen MR) is 122 cm³/mol. The summed E-state index contributed by atoms with van der Waals surface area (Å²) in [5.41, 5.74) is 2.68. The summed E-state index contributed by atoms with van der Waals surface area (Å²) in [5, 5.41) is 3.49. The lowest BCUT2D eigenvalue weighted by Crippen LogP contribution is -2.43. The maximum Gasteiger partial charge on any atom is 0.193 e. The van der Waals surface area contributed by atoms with Gasteiger partial charge in [-0.1, -0.05) is 48.9 Å². The SMILES string of the molecule is CCNC(=NCC(C)c1ccc(C)cc1)N1CCC(N2CC=CC2)C1.I. The molecule has 3 rings (SSSR count). The smallest absolute Gasteiger partial charge is 0.193 e. The average molecular weight is 468 g/mol. The topological polar surface area (TPSA) is 30.9 Å². The molecule has 0 spiro atoms. The lowest BCUT2D eigenvalue weighted by molar-refractivity contribution is 0.259. The molecule has 1 N–H and O–H groups in total. The second-order valence-corrected chi connectivity index (χ2v) is 7.32. The standard InChI is InChI=1S/C21H32N4.HI/c1-4-22-21(23-15-18(3)19-9-7-17(2)8-10-19)25-14-11-20(16-25)24-12-5-6-13-24;/h5-10,18,20H,4,11-16H2,1-3H3,(H,22,23);1H. The van der Waals surface area contributed by atoms with E-state index in [2.05, 4.69) is 72.3 Å². The normalized spacial score (nSPS) is 21.7. The van der Waals surface area contributed by atoms with Crippen molar-refractivity contribution < 1.29 is 0 Å². The van der Waals surface area contributed by atoms with Crippen molar-refractivity contribution in [2.45, 2.75) is 39.2 Å². The van der Waals surface area contributed by atoms with Crippen LogP contribution in [0.1, 0.15) is 37.3 Å². The highest BCUT2D eigenvalue weighted by Crippen LogP contribution is 2.19. The fraction of sp³-hybridized carbons (Fsp3) is 0.571. The minimum absolute atomic E-state index is 0. The van der Waals surface area contributed by atoms with Crippen molar-refractivity contribution in [2.24, 2.45) is 4.99 Å². The molecule has 2 aliphatic rings. The summed E-state index contributed by atoms with van der Waals surface area (Å²) < 4.78 is 0. The summed E-state index contributed by atoms with van der Waals surface area (Å²) in [6.45, 7) is 12.7. The van der Waals surface area contributed by atoms with Crippen molar-refractivity contribution in [3.63, 3.8) is 0 Å². The number of likely N-dealkylation sites (tertiary alicyclic amines) is 1. The van der Waals surface area contributed by atoms with Crippen molar-refractivity contribution in [3.8, 4) is 0 Å². The number of nitrogens with zero attached hydrogens (tertiary/aromatic N) is 3. The van der Waals surface area contributed by atoms with E-state index in [1.807, 2.05) is 0 Å². The highest BCUT2D eigenvalue weighted by Gasteiger charge is 2.29. The first-order chi connectivity index (χ1) is 12.2. The van der Waals surface area contributed by atoms with Crippen LogP contribution in [0.5, 0.6) is 0 Å². The lowest BCUT2D eigenvalue weighted by atomic mass is 10.0. The van der Waals surface area contributed by atoms with Crippen molar-refractivity contribution in [1.82, 2.24) is 15.1 Å². The van der Waals surface area contributed by atoms with E-state index < -0.39 is 0 Å². The van der Waals surface area contributed by atoms with Gasteiger partial charge in [-0.15, -0.1) is 24.0 Å². The van der Waals surface area contributed by atoms with Gasteiger partial charge in [0.05, 0.1) is 0 Å². The zero-order valence-electron chi connectivity index (χ0n) is 16.3. The van der Waals surface area contributed by atoms with Crippen LogP contribution in [0.2, 0.25) is 0 Å². The Kier molecular flexibility index (Phi) is 8.41. The molecule has 2 aliphatic heterocycles. The average Bonchev–Trinajstić information content (AvgIpc) is 3.30. The van der Waals surface area contributed by atoms with E-state index in [0.717, 1.165) is 45.2 Å². The molecule has 5 heteroatoms. The Morgan fingerprint density at radius 3 is 2.58 bits per heavy atom. The third-order valence-electron chi connectivity index (χ3n) is 5.32. The third kappa shape index (κ3) is 5.46. The Balaban J connectivity index is 0.00000243. The molecule has 1 saturated heterocycles. The van der Waals surface area contributed by atoms with E-state index >= 15 is 0 Å². The van der Waals surface area contributed by atoms with E-state index in [-0.39, 0.29) is 24.0 Å². The summed E-state index contributed by atoms with van der Waals surface area (Å²) in [6, 6.07) is 9.50. The van der Waals surface area contributed by atoms with E-state index in [0.29, 0.717) is 12.0 Å². The first-order valence-corrected chi connectivity index (χ1v) is 9.66. The van der Waals surface area contributed by atoms with Gasteiger partial charge in [-0.05, 0) is 25.8 Å². The van der Waals surface area contributed by atoms with Gasteiger partial charge >= 0.3 is 0 Å². The number of hydrogen-bond donors (Lipinski definition) is 1. The minimum atomic E-state index is 0. The Morgan fingerprint density at radius 2 is 1.92 bits per heavy atom. The maximum atomic E-state index is 4.95. The second-order valence-electron chi connectivity index (χ2n) is 7.32. The summed E-state index contributed by atoms with van der Waals surface area (Å²) in [7, 11) is 0. The molecular weight excluding hydrogens is 435 g/mol. The van der Waals surface area contributed by atoms with Crippen LogP contribution < -0.4 is 5.32 Å². The fourth-order valence-electron chi connectivity index (χ4n) is 3.67. The van der Waals surface area contributed by atoms with Crippen LogP contribution in [0.4, 0.5) is 0 Å². The number of nitrogens with one attached hydrogen (secondary N) is 1. The number of aliphatic imine (C=N–C) groups is 1. The first-order valence-electron chi connectivity index (χ1n) is 9.66. The van der Waals surface area contributed by atoms with Crippen molar-refractivity contribution >= 4 is 29.9 Å². The summed E-state index contributed by atoms with van der Waals surface area (Å²) >= 11 is 0. The first kappa shape index (κ1) is 21.2. The van der Waals surface area contributed by atoms with Crippen LogP contribution in [-0.4, -0.2) is 61.1 Å². The van der Waals surface area contributed by atoms with Crippen LogP contribution >= 0.6 is 24.0 Å². The molecule has 26 heavy (non-hydrogen) atoms. The molecule has 0 bridgehead atoms. The summed E-state index contributed by atoms with van der Waals surface area (Å²) in [4.78, 5) is 9.96. The quantitative estimate of drug-likeness (QED) is 0.310. The van der Waals surface area contributed by atoms with Gasteiger partial charge in [0.1, 0.15) is 0 Å². The molecule has 1 fully saturated rings.